The number of hydrogen-bond donors (Lipinski definition) is 2. The molecule has 32 heavy (non-hydrogen) atoms. The van der Waals surface area contributed by atoms with E-state index >= 15 is 0 Å². The average molecular weight is 446 g/mol. The molecule has 0 spiro atoms. The number of imide groups is 2. The lowest BCUT2D eigenvalue weighted by Gasteiger charge is -2.44. The van der Waals surface area contributed by atoms with Crippen molar-refractivity contribution in [3.8, 4) is 0 Å². The third-order valence-electron chi connectivity index (χ3n) is 7.40. The second-order valence-electron chi connectivity index (χ2n) is 9.79. The van der Waals surface area contributed by atoms with Crippen LogP contribution in [0.3, 0.4) is 0 Å². The van der Waals surface area contributed by atoms with Crippen molar-refractivity contribution in [2.45, 2.75) is 39.8 Å². The van der Waals surface area contributed by atoms with Gasteiger partial charge in [0.15, 0.2) is 0 Å². The zero-order valence-electron chi connectivity index (χ0n) is 18.2. The number of carbonyl (C=O) groups is 6. The maximum absolute atomic E-state index is 13.3. The highest BCUT2D eigenvalue weighted by Crippen LogP contribution is 2.58. The summed E-state index contributed by atoms with van der Waals surface area (Å²) in [4.78, 5) is 78.5. The van der Waals surface area contributed by atoms with Crippen LogP contribution in [0.15, 0.2) is 12.2 Å². The molecule has 2 unspecified atom stereocenters. The van der Waals surface area contributed by atoms with Gasteiger partial charge in [-0.25, -0.2) is 9.59 Å². The fourth-order valence-corrected chi connectivity index (χ4v) is 6.21. The third kappa shape index (κ3) is 2.70. The van der Waals surface area contributed by atoms with Crippen molar-refractivity contribution < 1.29 is 39.0 Å². The molecule has 5 aliphatic rings. The summed E-state index contributed by atoms with van der Waals surface area (Å²) >= 11 is 0. The number of carboxylic acids is 2. The van der Waals surface area contributed by atoms with E-state index in [0.717, 1.165) is 9.80 Å². The van der Waals surface area contributed by atoms with E-state index < -0.39 is 95.0 Å². The molecular weight excluding hydrogens is 420 g/mol. The van der Waals surface area contributed by atoms with E-state index in [1.54, 1.807) is 39.8 Å². The van der Waals surface area contributed by atoms with Crippen LogP contribution in [-0.2, 0) is 28.8 Å². The van der Waals surface area contributed by atoms with Crippen LogP contribution in [0.5, 0.6) is 0 Å². The first-order valence-corrected chi connectivity index (χ1v) is 10.8. The molecule has 3 aliphatic carbocycles. The Labute approximate surface area is 184 Å². The average Bonchev–Trinajstić information content (AvgIpc) is 3.11. The lowest BCUT2D eigenvalue weighted by atomic mass is 9.54. The lowest BCUT2D eigenvalue weighted by Crippen LogP contribution is -2.50. The zero-order valence-corrected chi connectivity index (χ0v) is 18.2. The van der Waals surface area contributed by atoms with Gasteiger partial charge in [0, 0.05) is 11.8 Å². The summed E-state index contributed by atoms with van der Waals surface area (Å²) in [5, 5.41) is 19.3. The Morgan fingerprint density at radius 2 is 0.906 bits per heavy atom. The van der Waals surface area contributed by atoms with Crippen LogP contribution in [0.4, 0.5) is 0 Å². The first-order valence-electron chi connectivity index (χ1n) is 10.8. The molecule has 0 aromatic heterocycles. The van der Waals surface area contributed by atoms with E-state index in [1.807, 2.05) is 0 Å². The fourth-order valence-electron chi connectivity index (χ4n) is 6.21. The Hall–Kier alpha value is -3.04. The van der Waals surface area contributed by atoms with Crippen LogP contribution in [0.25, 0.3) is 0 Å². The van der Waals surface area contributed by atoms with Gasteiger partial charge in [-0.2, -0.15) is 0 Å². The molecule has 10 nitrogen and oxygen atoms in total. The summed E-state index contributed by atoms with van der Waals surface area (Å²) in [6, 6.07) is -2.67. The minimum absolute atomic E-state index is 0.521. The molecule has 0 radical (unpaired) electrons. The van der Waals surface area contributed by atoms with E-state index in [1.165, 1.54) is 0 Å². The molecule has 0 aromatic rings. The van der Waals surface area contributed by atoms with Crippen molar-refractivity contribution in [2.24, 2.45) is 47.3 Å². The maximum atomic E-state index is 13.3. The van der Waals surface area contributed by atoms with Crippen molar-refractivity contribution in [1.82, 2.24) is 9.80 Å². The molecule has 2 saturated heterocycles. The fraction of sp³-hybridized carbons (Fsp3) is 0.636. The Morgan fingerprint density at radius 3 is 1.09 bits per heavy atom. The summed E-state index contributed by atoms with van der Waals surface area (Å²) in [7, 11) is 0. The third-order valence-corrected chi connectivity index (χ3v) is 7.40. The van der Waals surface area contributed by atoms with Crippen LogP contribution < -0.4 is 0 Å². The summed E-state index contributed by atoms with van der Waals surface area (Å²) in [5.41, 5.74) is 0. The number of nitrogens with zero attached hydrogens (tertiary/aromatic N) is 2. The minimum Gasteiger partial charge on any atom is -0.480 e. The monoisotopic (exact) mass is 446 g/mol. The van der Waals surface area contributed by atoms with Gasteiger partial charge in [-0.05, 0) is 11.8 Å². The van der Waals surface area contributed by atoms with E-state index in [0.29, 0.717) is 0 Å². The molecule has 5 rings (SSSR count). The normalized spacial score (nSPS) is 35.1. The summed E-state index contributed by atoms with van der Waals surface area (Å²) in [6.45, 7) is 6.41. The van der Waals surface area contributed by atoms with Crippen LogP contribution in [0.2, 0.25) is 0 Å². The highest BCUT2D eigenvalue weighted by Gasteiger charge is 2.70. The number of carboxylic acid groups (broad SMARTS) is 2. The van der Waals surface area contributed by atoms with Crippen molar-refractivity contribution >= 4 is 35.6 Å². The Balaban J connectivity index is 1.75. The van der Waals surface area contributed by atoms with Gasteiger partial charge in [0.1, 0.15) is 12.1 Å². The smallest absolute Gasteiger partial charge is 0.327 e. The molecule has 0 aromatic carbocycles. The van der Waals surface area contributed by atoms with Gasteiger partial charge in [0.2, 0.25) is 23.6 Å². The topological polar surface area (TPSA) is 149 Å². The van der Waals surface area contributed by atoms with Crippen molar-refractivity contribution in [1.29, 1.82) is 0 Å². The summed E-state index contributed by atoms with van der Waals surface area (Å²) < 4.78 is 0. The highest BCUT2D eigenvalue weighted by molar-refractivity contribution is 6.13. The zero-order chi connectivity index (χ0) is 23.8. The molecule has 8 atom stereocenters. The summed E-state index contributed by atoms with van der Waals surface area (Å²) in [6.07, 6.45) is 3.32. The highest BCUT2D eigenvalue weighted by atomic mass is 16.4. The van der Waals surface area contributed by atoms with Gasteiger partial charge in [-0.15, -0.1) is 0 Å². The van der Waals surface area contributed by atoms with E-state index in [9.17, 15) is 39.0 Å². The largest absolute Gasteiger partial charge is 0.480 e. The van der Waals surface area contributed by atoms with Crippen LogP contribution >= 0.6 is 0 Å². The molecular formula is C22H26N2O8. The number of aliphatic carboxylic acids is 2. The molecule has 1 saturated carbocycles. The number of allylic oxidation sites excluding steroid dienone is 2. The first-order chi connectivity index (χ1) is 14.9. The molecule has 10 heteroatoms. The van der Waals surface area contributed by atoms with Gasteiger partial charge in [0.05, 0.1) is 23.7 Å². The maximum Gasteiger partial charge on any atom is 0.327 e. The minimum atomic E-state index is -1.33. The predicted molar refractivity (Wildman–Crippen MR) is 106 cm³/mol. The van der Waals surface area contributed by atoms with Gasteiger partial charge in [-0.3, -0.25) is 29.0 Å². The number of likely N-dealkylation sites (tertiary alicyclic amines) is 2. The Morgan fingerprint density at radius 1 is 0.656 bits per heavy atom. The molecule has 4 amide bonds. The molecule has 3 fully saturated rings. The Bertz CT molecular complexity index is 849. The second-order valence-corrected chi connectivity index (χ2v) is 9.79. The van der Waals surface area contributed by atoms with Gasteiger partial charge >= 0.3 is 11.9 Å². The van der Waals surface area contributed by atoms with E-state index in [-0.39, 0.29) is 0 Å². The molecule has 2 heterocycles. The number of carbonyl (C=O) groups excluding carboxylic acids is 4. The molecule has 172 valence electrons. The first kappa shape index (κ1) is 22.2. The van der Waals surface area contributed by atoms with Crippen LogP contribution in [0.1, 0.15) is 27.7 Å². The summed E-state index contributed by atoms with van der Waals surface area (Å²) in [5.74, 6) is -11.4. The van der Waals surface area contributed by atoms with Crippen LogP contribution in [-0.4, -0.2) is 67.7 Å². The number of amides is 4. The molecule has 2 N–H and O–H groups in total. The number of rotatable bonds is 6. The van der Waals surface area contributed by atoms with Crippen molar-refractivity contribution in [3.05, 3.63) is 12.2 Å². The predicted octanol–water partition coefficient (Wildman–Crippen LogP) is 0.223. The van der Waals surface area contributed by atoms with E-state index in [4.69, 9.17) is 0 Å². The molecule has 2 aliphatic heterocycles. The van der Waals surface area contributed by atoms with E-state index in [2.05, 4.69) is 0 Å². The number of hydrogen-bond acceptors (Lipinski definition) is 6. The van der Waals surface area contributed by atoms with Gasteiger partial charge < -0.3 is 10.2 Å². The van der Waals surface area contributed by atoms with Crippen LogP contribution in [0, 0.1) is 47.3 Å². The van der Waals surface area contributed by atoms with Crippen molar-refractivity contribution in [3.63, 3.8) is 0 Å². The lowest BCUT2D eigenvalue weighted by molar-refractivity contribution is -0.158. The SMILES string of the molecule is CC(C)[C@@H](C(=O)O)N1C(=O)[C@H]2C3C=CC([C@@H]4C(=O)N([C@@H](C(=O)O)C(C)C)C(=O)[C@H]34)[C@@H]2C1=O. The molecule has 2 bridgehead atoms. The second kappa shape index (κ2) is 7.25. The van der Waals surface area contributed by atoms with Gasteiger partial charge in [-0.1, -0.05) is 39.8 Å². The quantitative estimate of drug-likeness (QED) is 0.435. The standard InChI is InChI=1S/C22H26N2O8/c1-7(2)15(21(29)30)23-17(25)11-9-5-6-10(12(11)18(23)26)14-13(9)19(27)24(20(14)28)16(8(3)4)22(31)32/h5-16H,1-4H3,(H,29,30)(H,31,32)/t9?,10?,11-,12-,13-,14+,15-,16+/m0/s1. The van der Waals surface area contributed by atoms with Crippen molar-refractivity contribution in [2.75, 3.05) is 0 Å². The Kier molecular flexibility index (Phi) is 5.02. The van der Waals surface area contributed by atoms with Gasteiger partial charge in [0.25, 0.3) is 0 Å².